The summed E-state index contributed by atoms with van der Waals surface area (Å²) < 4.78 is 4.65. The zero-order chi connectivity index (χ0) is 13.0. The van der Waals surface area contributed by atoms with Gasteiger partial charge in [0.15, 0.2) is 0 Å². The van der Waals surface area contributed by atoms with E-state index in [9.17, 15) is 4.79 Å². The van der Waals surface area contributed by atoms with Crippen LogP contribution in [0.2, 0.25) is 0 Å². The number of unbranched alkanes of at least 4 members (excludes halogenated alkanes) is 1. The van der Waals surface area contributed by atoms with Crippen molar-refractivity contribution in [3.63, 3.8) is 0 Å². The number of aromatic nitrogens is 1. The van der Waals surface area contributed by atoms with E-state index in [-0.39, 0.29) is 0 Å². The second-order valence-corrected chi connectivity index (χ2v) is 4.41. The molecule has 0 saturated carbocycles. The van der Waals surface area contributed by atoms with Crippen molar-refractivity contribution in [2.24, 2.45) is 0 Å². The van der Waals surface area contributed by atoms with Crippen molar-refractivity contribution in [1.82, 2.24) is 4.98 Å². The number of nitrogens with one attached hydrogen (secondary N) is 1. The SMILES string of the molecule is O=C(O)Oc1ccc2[nH]cc(CCCCCl)c2c1. The van der Waals surface area contributed by atoms with Crippen LogP contribution in [0.15, 0.2) is 24.4 Å². The summed E-state index contributed by atoms with van der Waals surface area (Å²) in [6.07, 6.45) is 3.56. The minimum Gasteiger partial charge on any atom is -0.449 e. The monoisotopic (exact) mass is 267 g/mol. The number of benzene rings is 1. The summed E-state index contributed by atoms with van der Waals surface area (Å²) in [6, 6.07) is 5.20. The van der Waals surface area contributed by atoms with Crippen molar-refractivity contribution in [3.05, 3.63) is 30.0 Å². The summed E-state index contributed by atoms with van der Waals surface area (Å²) in [5.41, 5.74) is 2.14. The number of aryl methyl sites for hydroxylation is 1. The summed E-state index contributed by atoms with van der Waals surface area (Å²) in [7, 11) is 0. The number of ether oxygens (including phenoxy) is 1. The third kappa shape index (κ3) is 2.96. The molecule has 0 fully saturated rings. The first kappa shape index (κ1) is 12.8. The topological polar surface area (TPSA) is 62.3 Å². The summed E-state index contributed by atoms with van der Waals surface area (Å²) in [6.45, 7) is 0. The standard InChI is InChI=1S/C13H14ClNO3/c14-6-2-1-3-9-8-15-12-5-4-10(7-11(9)12)18-13(16)17/h4-5,7-8,15H,1-3,6H2,(H,16,17). The molecule has 0 amide bonds. The maximum atomic E-state index is 10.5. The third-order valence-corrected chi connectivity index (χ3v) is 3.04. The largest absolute Gasteiger partial charge is 0.511 e. The molecule has 5 heteroatoms. The first-order valence-electron chi connectivity index (χ1n) is 5.77. The zero-order valence-electron chi connectivity index (χ0n) is 9.78. The van der Waals surface area contributed by atoms with Crippen LogP contribution in [0.5, 0.6) is 5.75 Å². The summed E-state index contributed by atoms with van der Waals surface area (Å²) in [4.78, 5) is 13.7. The number of carboxylic acid groups (broad SMARTS) is 1. The predicted octanol–water partition coefficient (Wildman–Crippen LogP) is 3.79. The molecule has 1 heterocycles. The number of hydrogen-bond donors (Lipinski definition) is 2. The van der Waals surface area contributed by atoms with Crippen LogP contribution in [-0.2, 0) is 6.42 Å². The van der Waals surface area contributed by atoms with Gasteiger partial charge in [0.2, 0.25) is 0 Å². The molecular weight excluding hydrogens is 254 g/mol. The Hall–Kier alpha value is -1.68. The quantitative estimate of drug-likeness (QED) is 0.375. The molecule has 0 aliphatic rings. The molecule has 0 aliphatic heterocycles. The van der Waals surface area contributed by atoms with Crippen LogP contribution in [0.1, 0.15) is 18.4 Å². The van der Waals surface area contributed by atoms with E-state index in [0.29, 0.717) is 11.6 Å². The lowest BCUT2D eigenvalue weighted by atomic mass is 10.1. The molecule has 1 aromatic carbocycles. The minimum absolute atomic E-state index is 0.341. The van der Waals surface area contributed by atoms with Crippen LogP contribution >= 0.6 is 11.6 Å². The van der Waals surface area contributed by atoms with E-state index < -0.39 is 6.16 Å². The number of rotatable bonds is 5. The van der Waals surface area contributed by atoms with E-state index in [1.165, 1.54) is 0 Å². The molecule has 2 rings (SSSR count). The van der Waals surface area contributed by atoms with Crippen molar-refractivity contribution < 1.29 is 14.6 Å². The Balaban J connectivity index is 2.22. The van der Waals surface area contributed by atoms with Gasteiger partial charge >= 0.3 is 6.16 Å². The average molecular weight is 268 g/mol. The van der Waals surface area contributed by atoms with Gasteiger partial charge in [0.05, 0.1) is 0 Å². The van der Waals surface area contributed by atoms with E-state index >= 15 is 0 Å². The molecule has 0 radical (unpaired) electrons. The highest BCUT2D eigenvalue weighted by molar-refractivity contribution is 6.17. The van der Waals surface area contributed by atoms with Gasteiger partial charge in [-0.15, -0.1) is 11.6 Å². The second-order valence-electron chi connectivity index (χ2n) is 4.04. The van der Waals surface area contributed by atoms with E-state index in [1.807, 2.05) is 12.3 Å². The molecular formula is C13H14ClNO3. The maximum absolute atomic E-state index is 10.5. The van der Waals surface area contributed by atoms with Gasteiger partial charge in [0.25, 0.3) is 0 Å². The fourth-order valence-corrected chi connectivity index (χ4v) is 2.13. The van der Waals surface area contributed by atoms with Crippen molar-refractivity contribution in [3.8, 4) is 5.75 Å². The van der Waals surface area contributed by atoms with Gasteiger partial charge in [-0.1, -0.05) is 0 Å². The Labute approximate surface area is 110 Å². The second kappa shape index (κ2) is 5.78. The number of alkyl halides is 1. The van der Waals surface area contributed by atoms with Gasteiger partial charge in [0.1, 0.15) is 5.75 Å². The van der Waals surface area contributed by atoms with Crippen LogP contribution in [0.3, 0.4) is 0 Å². The summed E-state index contributed by atoms with van der Waals surface area (Å²) in [5.74, 6) is 1.00. The molecule has 0 aliphatic carbocycles. The highest BCUT2D eigenvalue weighted by atomic mass is 35.5. The first-order valence-corrected chi connectivity index (χ1v) is 6.31. The number of fused-ring (bicyclic) bond motifs is 1. The van der Waals surface area contributed by atoms with Gasteiger partial charge in [-0.25, -0.2) is 4.79 Å². The van der Waals surface area contributed by atoms with Gasteiger partial charge in [-0.05, 0) is 43.0 Å². The lowest BCUT2D eigenvalue weighted by Crippen LogP contribution is -2.02. The fraction of sp³-hybridized carbons (Fsp3) is 0.308. The van der Waals surface area contributed by atoms with Crippen molar-refractivity contribution in [1.29, 1.82) is 0 Å². The lowest BCUT2D eigenvalue weighted by molar-refractivity contribution is 0.144. The zero-order valence-corrected chi connectivity index (χ0v) is 10.5. The molecule has 0 saturated heterocycles. The molecule has 4 nitrogen and oxygen atoms in total. The number of H-pyrrole nitrogens is 1. The predicted molar refractivity (Wildman–Crippen MR) is 70.6 cm³/mol. The molecule has 96 valence electrons. The van der Waals surface area contributed by atoms with Gasteiger partial charge < -0.3 is 14.8 Å². The Morgan fingerprint density at radius 2 is 2.22 bits per heavy atom. The highest BCUT2D eigenvalue weighted by Crippen LogP contribution is 2.25. The number of halogens is 1. The molecule has 0 atom stereocenters. The fourth-order valence-electron chi connectivity index (χ4n) is 1.94. The summed E-state index contributed by atoms with van der Waals surface area (Å²) >= 11 is 5.65. The average Bonchev–Trinajstić information content (AvgIpc) is 2.72. The highest BCUT2D eigenvalue weighted by Gasteiger charge is 2.07. The van der Waals surface area contributed by atoms with Crippen LogP contribution in [0, 0.1) is 0 Å². The van der Waals surface area contributed by atoms with Gasteiger partial charge in [-0.2, -0.15) is 0 Å². The first-order chi connectivity index (χ1) is 8.70. The van der Waals surface area contributed by atoms with Crippen LogP contribution < -0.4 is 4.74 Å². The van der Waals surface area contributed by atoms with Crippen LogP contribution in [0.25, 0.3) is 10.9 Å². The molecule has 18 heavy (non-hydrogen) atoms. The normalized spacial score (nSPS) is 10.7. The molecule has 2 N–H and O–H groups in total. The van der Waals surface area contributed by atoms with Crippen LogP contribution in [-0.4, -0.2) is 22.1 Å². The van der Waals surface area contributed by atoms with E-state index in [2.05, 4.69) is 9.72 Å². The third-order valence-electron chi connectivity index (χ3n) is 2.77. The van der Waals surface area contributed by atoms with Gasteiger partial charge in [-0.3, -0.25) is 0 Å². The van der Waals surface area contributed by atoms with Crippen LogP contribution in [0.4, 0.5) is 4.79 Å². The smallest absolute Gasteiger partial charge is 0.449 e. The Bertz CT molecular complexity index is 550. The molecule has 0 unspecified atom stereocenters. The minimum atomic E-state index is -1.30. The molecule has 2 aromatic rings. The van der Waals surface area contributed by atoms with Crippen molar-refractivity contribution in [2.45, 2.75) is 19.3 Å². The Morgan fingerprint density at radius 3 is 2.94 bits per heavy atom. The number of aromatic amines is 1. The van der Waals surface area contributed by atoms with E-state index in [4.69, 9.17) is 16.7 Å². The van der Waals surface area contributed by atoms with Gasteiger partial charge in [0, 0.05) is 23.0 Å². The van der Waals surface area contributed by atoms with E-state index in [0.717, 1.165) is 35.7 Å². The maximum Gasteiger partial charge on any atom is 0.511 e. The Morgan fingerprint density at radius 1 is 1.39 bits per heavy atom. The van der Waals surface area contributed by atoms with Crippen molar-refractivity contribution in [2.75, 3.05) is 5.88 Å². The molecule has 0 bridgehead atoms. The number of hydrogen-bond acceptors (Lipinski definition) is 2. The molecule has 1 aromatic heterocycles. The lowest BCUT2D eigenvalue weighted by Gasteiger charge is -2.01. The number of carbonyl (C=O) groups is 1. The Kier molecular flexibility index (Phi) is 4.10. The molecule has 0 spiro atoms. The van der Waals surface area contributed by atoms with E-state index in [1.54, 1.807) is 12.1 Å². The summed E-state index contributed by atoms with van der Waals surface area (Å²) in [5, 5.41) is 9.59. The van der Waals surface area contributed by atoms with Crippen molar-refractivity contribution >= 4 is 28.7 Å².